The van der Waals surface area contributed by atoms with Gasteiger partial charge in [0.2, 0.25) is 0 Å². The van der Waals surface area contributed by atoms with E-state index in [1.807, 2.05) is 55.1 Å². The van der Waals surface area contributed by atoms with Crippen LogP contribution in [0.3, 0.4) is 0 Å². The lowest BCUT2D eigenvalue weighted by molar-refractivity contribution is 0.131. The average molecular weight is 453 g/mol. The fourth-order valence-electron chi connectivity index (χ4n) is 4.01. The summed E-state index contributed by atoms with van der Waals surface area (Å²) in [5, 5.41) is 22.9. The second kappa shape index (κ2) is 10.4. The summed E-state index contributed by atoms with van der Waals surface area (Å²) in [5.41, 5.74) is 1.17. The normalized spacial score (nSPS) is 12.5. The first kappa shape index (κ1) is 22.7. The van der Waals surface area contributed by atoms with Crippen molar-refractivity contribution in [1.29, 1.82) is 0 Å². The number of tetrazole rings is 1. The van der Waals surface area contributed by atoms with Crippen molar-refractivity contribution in [2.75, 3.05) is 19.8 Å². The number of aromatic nitrogens is 5. The zero-order valence-corrected chi connectivity index (χ0v) is 18.8. The summed E-state index contributed by atoms with van der Waals surface area (Å²) in [7, 11) is 0. The number of H-pyrrole nitrogens is 1. The number of aliphatic hydroxyl groups is 1. The van der Waals surface area contributed by atoms with Gasteiger partial charge in [0.05, 0.1) is 25.5 Å². The molecule has 0 fully saturated rings. The van der Waals surface area contributed by atoms with Crippen LogP contribution in [0.4, 0.5) is 0 Å². The molecule has 0 aliphatic heterocycles. The minimum atomic E-state index is -0.202. The molecule has 3 heterocycles. The smallest absolute Gasteiger partial charge is 0.252 e. The number of fused-ring (bicyclic) bond motifs is 1. The van der Waals surface area contributed by atoms with E-state index < -0.39 is 0 Å². The second-order valence-electron chi connectivity index (χ2n) is 7.70. The molecule has 0 amide bonds. The molecule has 174 valence electrons. The summed E-state index contributed by atoms with van der Waals surface area (Å²) in [6, 6.07) is 10.9. The first-order valence-corrected chi connectivity index (χ1v) is 11.0. The Kier molecular flexibility index (Phi) is 7.16. The summed E-state index contributed by atoms with van der Waals surface area (Å²) in [6.07, 6.45) is 2.30. The summed E-state index contributed by atoms with van der Waals surface area (Å²) in [4.78, 5) is 17.8. The van der Waals surface area contributed by atoms with Crippen molar-refractivity contribution in [2.45, 2.75) is 39.4 Å². The topological polar surface area (TPSA) is 122 Å². The van der Waals surface area contributed by atoms with Gasteiger partial charge in [0, 0.05) is 29.6 Å². The summed E-state index contributed by atoms with van der Waals surface area (Å²) < 4.78 is 12.7. The highest BCUT2D eigenvalue weighted by atomic mass is 16.5. The molecular formula is C23H28N6O4. The van der Waals surface area contributed by atoms with E-state index in [1.165, 1.54) is 0 Å². The van der Waals surface area contributed by atoms with Crippen LogP contribution in [0, 0.1) is 0 Å². The van der Waals surface area contributed by atoms with E-state index in [1.54, 1.807) is 10.9 Å². The van der Waals surface area contributed by atoms with Crippen molar-refractivity contribution in [2.24, 2.45) is 0 Å². The van der Waals surface area contributed by atoms with Gasteiger partial charge in [0.1, 0.15) is 18.1 Å². The van der Waals surface area contributed by atoms with Gasteiger partial charge >= 0.3 is 0 Å². The van der Waals surface area contributed by atoms with Crippen LogP contribution < -0.4 is 10.3 Å². The van der Waals surface area contributed by atoms with Crippen molar-refractivity contribution in [3.05, 3.63) is 70.2 Å². The monoisotopic (exact) mass is 452 g/mol. The Balaban J connectivity index is 1.64. The number of nitrogens with zero attached hydrogens (tertiary/aromatic N) is 5. The highest BCUT2D eigenvalue weighted by Gasteiger charge is 2.26. The number of hydrogen-bond acceptors (Lipinski definition) is 8. The quantitative estimate of drug-likeness (QED) is 0.356. The highest BCUT2D eigenvalue weighted by molar-refractivity contribution is 5.80. The number of benzene rings is 1. The van der Waals surface area contributed by atoms with E-state index in [0.29, 0.717) is 44.0 Å². The van der Waals surface area contributed by atoms with Crippen LogP contribution in [-0.2, 0) is 13.1 Å². The first-order valence-electron chi connectivity index (χ1n) is 11.0. The van der Waals surface area contributed by atoms with Crippen molar-refractivity contribution < 1.29 is 14.3 Å². The number of rotatable bonds is 11. The van der Waals surface area contributed by atoms with Crippen molar-refractivity contribution in [3.63, 3.8) is 0 Å². The van der Waals surface area contributed by atoms with Crippen LogP contribution in [0.5, 0.6) is 5.75 Å². The van der Waals surface area contributed by atoms with Gasteiger partial charge in [-0.15, -0.1) is 5.10 Å². The molecule has 0 radical (unpaired) electrons. The molecular weight excluding hydrogens is 424 g/mol. The lowest BCUT2D eigenvalue weighted by Crippen LogP contribution is -2.34. The Morgan fingerprint density at radius 1 is 1.27 bits per heavy atom. The molecule has 1 atom stereocenters. The van der Waals surface area contributed by atoms with Gasteiger partial charge in [-0.1, -0.05) is 6.92 Å². The fraction of sp³-hybridized carbons (Fsp3) is 0.391. The molecule has 3 aromatic heterocycles. The maximum Gasteiger partial charge on any atom is 0.252 e. The minimum Gasteiger partial charge on any atom is -0.494 e. The highest BCUT2D eigenvalue weighted by Crippen LogP contribution is 2.25. The maximum absolute atomic E-state index is 12.8. The molecule has 2 N–H and O–H groups in total. The predicted molar refractivity (Wildman–Crippen MR) is 122 cm³/mol. The third-order valence-electron chi connectivity index (χ3n) is 5.54. The van der Waals surface area contributed by atoms with E-state index >= 15 is 0 Å². The Morgan fingerprint density at radius 3 is 2.88 bits per heavy atom. The van der Waals surface area contributed by atoms with Crippen LogP contribution in [0.25, 0.3) is 10.9 Å². The molecule has 0 saturated heterocycles. The van der Waals surface area contributed by atoms with E-state index in [2.05, 4.69) is 20.5 Å². The van der Waals surface area contributed by atoms with Crippen molar-refractivity contribution in [1.82, 2.24) is 30.1 Å². The van der Waals surface area contributed by atoms with Crippen molar-refractivity contribution in [3.8, 4) is 5.75 Å². The summed E-state index contributed by atoms with van der Waals surface area (Å²) in [5.74, 6) is 2.14. The van der Waals surface area contributed by atoms with E-state index in [-0.39, 0.29) is 18.2 Å². The van der Waals surface area contributed by atoms with Crippen molar-refractivity contribution >= 4 is 10.9 Å². The maximum atomic E-state index is 12.8. The summed E-state index contributed by atoms with van der Waals surface area (Å²) in [6.45, 7) is 5.56. The zero-order valence-electron chi connectivity index (χ0n) is 18.8. The van der Waals surface area contributed by atoms with E-state index in [4.69, 9.17) is 9.15 Å². The fourth-order valence-corrected chi connectivity index (χ4v) is 4.01. The molecule has 4 rings (SSSR count). The minimum absolute atomic E-state index is 0.0593. The standard InChI is InChI=1S/C23H28N6O4/c1-3-21(22-25-26-27-29(22)15-19-6-5-11-33-19)28(9-10-30)14-17-12-16-13-18(32-4-2)7-8-20(16)24-23(17)31/h5-8,11-13,21,30H,3-4,9-10,14-15H2,1-2H3,(H,24,31). The van der Waals surface area contributed by atoms with E-state index in [9.17, 15) is 9.90 Å². The number of aliphatic hydroxyl groups excluding tert-OH is 1. The molecule has 0 saturated carbocycles. The Labute approximate surface area is 190 Å². The van der Waals surface area contributed by atoms with Crippen LogP contribution in [0.15, 0.2) is 51.9 Å². The van der Waals surface area contributed by atoms with Gasteiger partial charge in [-0.05, 0) is 60.2 Å². The van der Waals surface area contributed by atoms with Crippen LogP contribution >= 0.6 is 0 Å². The molecule has 10 nitrogen and oxygen atoms in total. The molecule has 0 bridgehead atoms. The lowest BCUT2D eigenvalue weighted by atomic mass is 10.1. The lowest BCUT2D eigenvalue weighted by Gasteiger charge is -2.29. The zero-order chi connectivity index (χ0) is 23.2. The van der Waals surface area contributed by atoms with Gasteiger partial charge in [-0.25, -0.2) is 4.68 Å². The first-order chi connectivity index (χ1) is 16.1. The van der Waals surface area contributed by atoms with Crippen LogP contribution in [-0.4, -0.2) is 55.0 Å². The predicted octanol–water partition coefficient (Wildman–Crippen LogP) is 2.50. The van der Waals surface area contributed by atoms with Gasteiger partial charge in [0.15, 0.2) is 5.82 Å². The molecule has 0 aliphatic rings. The number of aromatic amines is 1. The van der Waals surface area contributed by atoms with Gasteiger partial charge in [-0.2, -0.15) is 0 Å². The number of ether oxygens (including phenoxy) is 1. The van der Waals surface area contributed by atoms with Crippen LogP contribution in [0.1, 0.15) is 43.5 Å². The number of nitrogens with one attached hydrogen (secondary N) is 1. The Hall–Kier alpha value is -3.50. The van der Waals surface area contributed by atoms with Gasteiger partial charge in [0.25, 0.3) is 5.56 Å². The largest absolute Gasteiger partial charge is 0.494 e. The SMILES string of the molecule is CCOc1ccc2[nH]c(=O)c(CN(CCO)C(CC)c3nnnn3Cc3ccco3)cc2c1. The molecule has 4 aromatic rings. The average Bonchev–Trinajstić information content (AvgIpc) is 3.48. The number of hydrogen-bond donors (Lipinski definition) is 2. The summed E-state index contributed by atoms with van der Waals surface area (Å²) >= 11 is 0. The third-order valence-corrected chi connectivity index (χ3v) is 5.54. The third kappa shape index (κ3) is 5.12. The van der Waals surface area contributed by atoms with Crippen LogP contribution in [0.2, 0.25) is 0 Å². The molecule has 33 heavy (non-hydrogen) atoms. The second-order valence-corrected chi connectivity index (χ2v) is 7.70. The Morgan fingerprint density at radius 2 is 2.15 bits per heavy atom. The van der Waals surface area contributed by atoms with Gasteiger partial charge < -0.3 is 19.2 Å². The molecule has 0 spiro atoms. The van der Waals surface area contributed by atoms with E-state index in [0.717, 1.165) is 22.4 Å². The Bertz CT molecular complexity index is 1230. The molecule has 1 unspecified atom stereocenters. The number of pyridine rings is 1. The molecule has 10 heteroatoms. The number of furan rings is 1. The van der Waals surface area contributed by atoms with Gasteiger partial charge in [-0.3, -0.25) is 9.69 Å². The molecule has 0 aliphatic carbocycles. The molecule has 1 aromatic carbocycles.